The van der Waals surface area contributed by atoms with Gasteiger partial charge in [-0.25, -0.2) is 29.1 Å². The van der Waals surface area contributed by atoms with Crippen LogP contribution in [0, 0.1) is 19.7 Å². The fraction of sp³-hybridized carbons (Fsp3) is 0.306. The van der Waals surface area contributed by atoms with E-state index in [2.05, 4.69) is 45.4 Å². The molecule has 0 N–H and O–H groups in total. The number of para-hydroxylation sites is 1. The first kappa shape index (κ1) is 62.1. The van der Waals surface area contributed by atoms with Crippen LogP contribution >= 0.6 is 34.5 Å². The maximum atomic E-state index is 14.7. The lowest BCUT2D eigenvalue weighted by atomic mass is 9.92. The summed E-state index contributed by atoms with van der Waals surface area (Å²) in [5.41, 5.74) is 5.07. The van der Waals surface area contributed by atoms with Gasteiger partial charge < -0.3 is 32.8 Å². The van der Waals surface area contributed by atoms with Gasteiger partial charge >= 0.3 is 5.97 Å². The number of thiophene rings is 1. The molecule has 0 spiro atoms. The Hall–Kier alpha value is -6.97. The second kappa shape index (κ2) is 27.2. The zero-order chi connectivity index (χ0) is 59.6. The van der Waals surface area contributed by atoms with E-state index in [0.29, 0.717) is 88.4 Å². The number of methoxy groups -OCH3 is 1. The molecule has 0 aliphatic heterocycles. The molecule has 436 valence electrons. The fourth-order valence-corrected chi connectivity index (χ4v) is 12.4. The highest BCUT2D eigenvalue weighted by Gasteiger charge is 2.39. The molecule has 0 saturated carbocycles. The van der Waals surface area contributed by atoms with Crippen molar-refractivity contribution in [3.8, 4) is 61.8 Å². The Bertz CT molecular complexity index is 3690. The number of carbonyl (C=O) groups excluding carboxylic acids is 1. The average molecular weight is 1220 g/mol. The predicted molar refractivity (Wildman–Crippen MR) is 326 cm³/mol. The Labute approximate surface area is 498 Å². The molecule has 0 aliphatic rings. The van der Waals surface area contributed by atoms with Crippen molar-refractivity contribution in [1.82, 2.24) is 19.9 Å². The molecule has 0 fully saturated rings. The Morgan fingerprint density at radius 3 is 2.27 bits per heavy atom. The van der Waals surface area contributed by atoms with E-state index in [0.717, 1.165) is 0 Å². The van der Waals surface area contributed by atoms with Gasteiger partial charge in [0.15, 0.2) is 11.6 Å². The Balaban J connectivity index is 1.20. The smallest absolute Gasteiger partial charge is 0.347 e. The minimum atomic E-state index is -4.07. The predicted octanol–water partition coefficient (Wildman–Crippen LogP) is 14.6. The molecule has 8 rings (SSSR count). The monoisotopic (exact) mass is 1220 g/mol. The molecular formula is C62H65Cl2FN4O11S2Si. The quantitative estimate of drug-likeness (QED) is 0.0164. The number of halogens is 3. The van der Waals surface area contributed by atoms with Crippen LogP contribution in [0.1, 0.15) is 55.6 Å². The molecule has 15 nitrogen and oxygen atoms in total. The van der Waals surface area contributed by atoms with Gasteiger partial charge in [-0.3, -0.25) is 4.18 Å². The molecule has 83 heavy (non-hydrogen) atoms. The van der Waals surface area contributed by atoms with E-state index in [-0.39, 0.29) is 65.3 Å². The van der Waals surface area contributed by atoms with Crippen LogP contribution in [-0.4, -0.2) is 88.4 Å². The SMILES string of the molecule is C=CCOC[C@H](COS(=O)(=O)Cc1ccccc1)Oc1c(Cl)c(C)c(-c2c(-c3ccc(F)cc3)sc3ncnc(O[C@H](Cc4cc(O[Si](C)(C)C(C)(C)C)ccc4OCc4ccnc(-c5ccccc5OC)n4)C(=O)OCC)c23)c(C)c1Cl. The third-order valence-electron chi connectivity index (χ3n) is 13.9. The van der Waals surface area contributed by atoms with Gasteiger partial charge in [-0.2, -0.15) is 8.42 Å². The highest BCUT2D eigenvalue weighted by Crippen LogP contribution is 2.53. The van der Waals surface area contributed by atoms with E-state index in [9.17, 15) is 17.6 Å². The van der Waals surface area contributed by atoms with E-state index in [1.165, 1.54) is 29.8 Å². The molecule has 0 radical (unpaired) electrons. The van der Waals surface area contributed by atoms with Crippen LogP contribution in [0.25, 0.3) is 43.2 Å². The molecule has 0 unspecified atom stereocenters. The van der Waals surface area contributed by atoms with Gasteiger partial charge in [0.2, 0.25) is 20.3 Å². The summed E-state index contributed by atoms with van der Waals surface area (Å²) >= 11 is 16.0. The van der Waals surface area contributed by atoms with Gasteiger partial charge in [-0.15, -0.1) is 17.9 Å². The summed E-state index contributed by atoms with van der Waals surface area (Å²) in [4.78, 5) is 34.2. The van der Waals surface area contributed by atoms with Gasteiger partial charge in [-0.1, -0.05) is 105 Å². The maximum absolute atomic E-state index is 14.7. The lowest BCUT2D eigenvalue weighted by molar-refractivity contribution is -0.151. The van der Waals surface area contributed by atoms with Crippen molar-refractivity contribution < 1.29 is 54.6 Å². The highest BCUT2D eigenvalue weighted by atomic mass is 35.5. The summed E-state index contributed by atoms with van der Waals surface area (Å²) in [6.45, 7) is 19.4. The number of rotatable bonds is 26. The highest BCUT2D eigenvalue weighted by molar-refractivity contribution is 7.85. The Morgan fingerprint density at radius 1 is 0.867 bits per heavy atom. The van der Waals surface area contributed by atoms with Crippen LogP contribution < -0.4 is 23.4 Å². The van der Waals surface area contributed by atoms with Gasteiger partial charge in [0.25, 0.3) is 10.1 Å². The first-order valence-electron chi connectivity index (χ1n) is 26.6. The van der Waals surface area contributed by atoms with Crippen LogP contribution in [0.3, 0.4) is 0 Å². The first-order chi connectivity index (χ1) is 39.6. The number of nitrogens with zero attached hydrogens (tertiary/aromatic N) is 4. The van der Waals surface area contributed by atoms with E-state index in [1.807, 2.05) is 36.4 Å². The first-order valence-corrected chi connectivity index (χ1v) is 32.7. The molecule has 5 aromatic carbocycles. The Kier molecular flexibility index (Phi) is 20.3. The van der Waals surface area contributed by atoms with E-state index >= 15 is 0 Å². The molecule has 0 aliphatic carbocycles. The largest absolute Gasteiger partial charge is 0.543 e. The fourth-order valence-electron chi connectivity index (χ4n) is 8.72. The molecule has 3 heterocycles. The number of esters is 1. The van der Waals surface area contributed by atoms with Gasteiger partial charge in [0.05, 0.1) is 53.6 Å². The molecular weight excluding hydrogens is 1160 g/mol. The molecule has 0 saturated heterocycles. The average Bonchev–Trinajstić information content (AvgIpc) is 2.28. The molecule has 2 atom stereocenters. The topological polar surface area (TPSA) is 177 Å². The molecule has 8 aromatic rings. The van der Waals surface area contributed by atoms with Crippen molar-refractivity contribution in [2.45, 2.75) is 90.7 Å². The summed E-state index contributed by atoms with van der Waals surface area (Å²) < 4.78 is 90.4. The second-order valence-corrected chi connectivity index (χ2v) is 29.0. The van der Waals surface area contributed by atoms with Crippen LogP contribution in [0.2, 0.25) is 28.2 Å². The minimum absolute atomic E-state index is 0.0216. The lowest BCUT2D eigenvalue weighted by Gasteiger charge is -2.36. The molecule has 21 heteroatoms. The molecule has 0 bridgehead atoms. The number of aromatic nitrogens is 4. The number of carbonyl (C=O) groups is 1. The summed E-state index contributed by atoms with van der Waals surface area (Å²) in [6.07, 6.45) is 2.12. The number of benzene rings is 5. The third-order valence-corrected chi connectivity index (χ3v) is 21.5. The van der Waals surface area contributed by atoms with Crippen molar-refractivity contribution in [3.05, 3.63) is 172 Å². The van der Waals surface area contributed by atoms with Crippen molar-refractivity contribution >= 4 is 69.2 Å². The van der Waals surface area contributed by atoms with Crippen LogP contribution in [0.4, 0.5) is 4.39 Å². The van der Waals surface area contributed by atoms with Gasteiger partial charge in [0, 0.05) is 28.6 Å². The number of ether oxygens (including phenoxy) is 6. The minimum Gasteiger partial charge on any atom is -0.543 e. The second-order valence-electron chi connectivity index (χ2n) is 20.8. The number of hydrogen-bond acceptors (Lipinski definition) is 16. The van der Waals surface area contributed by atoms with Crippen molar-refractivity contribution in [2.24, 2.45) is 0 Å². The van der Waals surface area contributed by atoms with Crippen LogP contribution in [0.15, 0.2) is 128 Å². The third kappa shape index (κ3) is 15.1. The van der Waals surface area contributed by atoms with E-state index in [1.54, 1.807) is 94.8 Å². The summed E-state index contributed by atoms with van der Waals surface area (Å²) in [5.74, 6) is 0.665. The zero-order valence-corrected chi connectivity index (χ0v) is 51.7. The van der Waals surface area contributed by atoms with E-state index in [4.69, 9.17) is 75.2 Å². The van der Waals surface area contributed by atoms with Crippen molar-refractivity contribution in [2.75, 3.05) is 33.5 Å². The molecule has 3 aromatic heterocycles. The van der Waals surface area contributed by atoms with Crippen molar-refractivity contribution in [1.29, 1.82) is 0 Å². The normalized spacial score (nSPS) is 12.6. The van der Waals surface area contributed by atoms with Crippen LogP contribution in [0.5, 0.6) is 28.9 Å². The summed E-state index contributed by atoms with van der Waals surface area (Å²) in [7, 11) is -4.87. The van der Waals surface area contributed by atoms with Gasteiger partial charge in [-0.05, 0) is 115 Å². The van der Waals surface area contributed by atoms with Gasteiger partial charge in [0.1, 0.15) is 59.3 Å². The molecule has 0 amide bonds. The maximum Gasteiger partial charge on any atom is 0.347 e. The van der Waals surface area contributed by atoms with E-state index < -0.39 is 49.0 Å². The van der Waals surface area contributed by atoms with Crippen LogP contribution in [-0.2, 0) is 47.4 Å². The zero-order valence-electron chi connectivity index (χ0n) is 47.6. The summed E-state index contributed by atoms with van der Waals surface area (Å²) in [6, 6.07) is 29.4. The lowest BCUT2D eigenvalue weighted by Crippen LogP contribution is -2.43. The number of hydrogen-bond donors (Lipinski definition) is 0. The standard InChI is InChI=1S/C62H65Cl2FN4O11S2Si/c1-11-30-74-34-46(35-77-82(71,72)36-40-18-14-13-15-19-40)78-56-54(63)38(3)51(39(4)55(56)64)52-53-59(67-37-68-60(53)81-57(52)41-22-24-43(65)25-23-41)79-50(61(70)75-12-2)32-42-31-45(80-83(9,10)62(5,6)7)26-27-48(42)76-33-44-28-29-66-58(69-44)47-20-16-17-21-49(47)73-8/h11,13-29,31,37,46,50H,1,12,30,32-36H2,2-10H3/t46-,50-/m1/s1. The number of fused-ring (bicyclic) bond motifs is 1. The Morgan fingerprint density at radius 2 is 1.58 bits per heavy atom. The van der Waals surface area contributed by atoms with Crippen molar-refractivity contribution in [3.63, 3.8) is 0 Å². The summed E-state index contributed by atoms with van der Waals surface area (Å²) in [5, 5.41) is 0.440.